The Kier molecular flexibility index (Phi) is 8.00. The molecule has 0 spiro atoms. The second-order valence-corrected chi connectivity index (χ2v) is 8.92. The van der Waals surface area contributed by atoms with Gasteiger partial charge in [-0.25, -0.2) is 0 Å². The first-order valence-corrected chi connectivity index (χ1v) is 11.0. The number of anilines is 1. The van der Waals surface area contributed by atoms with E-state index >= 15 is 0 Å². The lowest BCUT2D eigenvalue weighted by atomic mass is 10.1. The van der Waals surface area contributed by atoms with Crippen molar-refractivity contribution in [2.75, 3.05) is 18.5 Å². The summed E-state index contributed by atoms with van der Waals surface area (Å²) in [6, 6.07) is 9.19. The maximum Gasteiger partial charge on any atom is 0.311 e. The molecule has 0 unspecified atom stereocenters. The monoisotopic (exact) mass is 561 g/mol. The van der Waals surface area contributed by atoms with Crippen molar-refractivity contribution in [3.8, 4) is 0 Å². The molecule has 32 heavy (non-hydrogen) atoms. The zero-order valence-corrected chi connectivity index (χ0v) is 20.0. The van der Waals surface area contributed by atoms with Crippen molar-refractivity contribution < 1.29 is 23.9 Å². The Balaban J connectivity index is 1.51. The van der Waals surface area contributed by atoms with Crippen molar-refractivity contribution in [3.63, 3.8) is 0 Å². The van der Waals surface area contributed by atoms with Crippen LogP contribution in [0.2, 0.25) is 15.1 Å². The summed E-state index contributed by atoms with van der Waals surface area (Å²) in [6.45, 7) is -0.655. The lowest BCUT2D eigenvalue weighted by molar-refractivity contribution is -0.151. The van der Waals surface area contributed by atoms with E-state index in [0.717, 1.165) is 9.48 Å². The third-order valence-electron chi connectivity index (χ3n) is 4.42. The molecule has 1 saturated heterocycles. The topological polar surface area (TPSA) is 105 Å². The predicted molar refractivity (Wildman–Crippen MR) is 122 cm³/mol. The summed E-state index contributed by atoms with van der Waals surface area (Å²) in [5.74, 6) is -3.27. The van der Waals surface area contributed by atoms with E-state index in [1.54, 1.807) is 18.2 Å². The van der Waals surface area contributed by atoms with E-state index in [0.29, 0.717) is 15.7 Å². The minimum Gasteiger partial charge on any atom is -0.455 e. The zero-order chi connectivity index (χ0) is 23.4. The van der Waals surface area contributed by atoms with Crippen LogP contribution in [0.1, 0.15) is 16.8 Å². The molecule has 0 saturated carbocycles. The van der Waals surface area contributed by atoms with Gasteiger partial charge >= 0.3 is 5.97 Å². The second kappa shape index (κ2) is 10.5. The standard InChI is InChI=1S/C20H15BrCl3N3O5/c21-11-1-4-16(15(24)6-11)25-17(28)9-32-20(31)10-5-18(29)27(8-10)26-19(30)13-3-2-12(22)7-14(13)23/h1-4,6-7,10H,5,8-9H2,(H,25,28)(H,26,30)/t10-/m1/s1. The highest BCUT2D eigenvalue weighted by atomic mass is 79.9. The molecule has 1 atom stereocenters. The Labute approximate surface area is 206 Å². The summed E-state index contributed by atoms with van der Waals surface area (Å²) in [5, 5.41) is 4.34. The first kappa shape index (κ1) is 24.3. The van der Waals surface area contributed by atoms with Crippen LogP contribution in [0, 0.1) is 5.92 Å². The SMILES string of the molecule is O=C(COC(=O)[C@@H]1CC(=O)N(NC(=O)c2ccc(Cl)cc2Cl)C1)Nc1ccc(Br)cc1Cl. The molecule has 1 aliphatic heterocycles. The molecule has 0 aliphatic carbocycles. The van der Waals surface area contributed by atoms with Crippen molar-refractivity contribution in [1.29, 1.82) is 0 Å². The summed E-state index contributed by atoms with van der Waals surface area (Å²) in [7, 11) is 0. The van der Waals surface area contributed by atoms with Crippen LogP contribution >= 0.6 is 50.7 Å². The fourth-order valence-electron chi connectivity index (χ4n) is 2.86. The van der Waals surface area contributed by atoms with Gasteiger partial charge in [0.05, 0.1) is 33.8 Å². The third kappa shape index (κ3) is 6.13. The average molecular weight is 564 g/mol. The number of benzene rings is 2. The van der Waals surface area contributed by atoms with Gasteiger partial charge in [0.15, 0.2) is 6.61 Å². The summed E-state index contributed by atoms with van der Waals surface area (Å²) in [5.41, 5.74) is 2.90. The Morgan fingerprint density at radius 2 is 1.84 bits per heavy atom. The molecule has 0 bridgehead atoms. The van der Waals surface area contributed by atoms with Crippen molar-refractivity contribution in [2.24, 2.45) is 5.92 Å². The molecule has 3 amide bonds. The molecule has 3 rings (SSSR count). The first-order valence-electron chi connectivity index (χ1n) is 9.12. The predicted octanol–water partition coefficient (Wildman–Crippen LogP) is 4.08. The van der Waals surface area contributed by atoms with E-state index < -0.39 is 36.2 Å². The van der Waals surface area contributed by atoms with Gasteiger partial charge in [-0.05, 0) is 36.4 Å². The minimum absolute atomic E-state index is 0.102. The van der Waals surface area contributed by atoms with E-state index in [1.165, 1.54) is 18.2 Å². The number of hydrogen-bond acceptors (Lipinski definition) is 5. The number of nitrogens with one attached hydrogen (secondary N) is 2. The Morgan fingerprint density at radius 3 is 2.53 bits per heavy atom. The van der Waals surface area contributed by atoms with Crippen LogP contribution < -0.4 is 10.7 Å². The van der Waals surface area contributed by atoms with E-state index in [9.17, 15) is 19.2 Å². The number of carbonyl (C=O) groups excluding carboxylic acids is 4. The van der Waals surface area contributed by atoms with Gasteiger partial charge in [0.1, 0.15) is 0 Å². The minimum atomic E-state index is -0.840. The fourth-order valence-corrected chi connectivity index (χ4v) is 4.08. The van der Waals surface area contributed by atoms with Crippen LogP contribution in [0.3, 0.4) is 0 Å². The number of halogens is 4. The van der Waals surface area contributed by atoms with Crippen molar-refractivity contribution in [1.82, 2.24) is 10.4 Å². The van der Waals surface area contributed by atoms with Crippen LogP contribution in [-0.2, 0) is 19.1 Å². The molecular weight excluding hydrogens is 548 g/mol. The first-order chi connectivity index (χ1) is 15.1. The number of ether oxygens (including phenoxy) is 1. The molecule has 1 heterocycles. The zero-order valence-electron chi connectivity index (χ0n) is 16.2. The average Bonchev–Trinajstić information content (AvgIpc) is 3.08. The third-order valence-corrected chi connectivity index (χ3v) is 5.78. The van der Waals surface area contributed by atoms with Crippen molar-refractivity contribution >= 4 is 80.1 Å². The molecule has 1 fully saturated rings. The molecule has 168 valence electrons. The molecular formula is C20H15BrCl3N3O5. The number of rotatable bonds is 6. The van der Waals surface area contributed by atoms with E-state index in [2.05, 4.69) is 26.7 Å². The van der Waals surface area contributed by atoms with Crippen molar-refractivity contribution in [2.45, 2.75) is 6.42 Å². The fraction of sp³-hybridized carbons (Fsp3) is 0.200. The number of hydrazine groups is 1. The highest BCUT2D eigenvalue weighted by molar-refractivity contribution is 9.10. The molecule has 12 heteroatoms. The molecule has 1 aliphatic rings. The lowest BCUT2D eigenvalue weighted by Gasteiger charge is -2.18. The summed E-state index contributed by atoms with van der Waals surface area (Å²) >= 11 is 21.1. The quantitative estimate of drug-likeness (QED) is 0.516. The van der Waals surface area contributed by atoms with Gasteiger partial charge in [0, 0.05) is 15.9 Å². The second-order valence-electron chi connectivity index (χ2n) is 6.75. The van der Waals surface area contributed by atoms with Gasteiger partial charge < -0.3 is 10.1 Å². The molecule has 0 radical (unpaired) electrons. The molecule has 0 aromatic heterocycles. The van der Waals surface area contributed by atoms with Crippen LogP contribution in [0.15, 0.2) is 40.9 Å². The van der Waals surface area contributed by atoms with E-state index in [1.807, 2.05) is 0 Å². The van der Waals surface area contributed by atoms with Crippen LogP contribution in [0.5, 0.6) is 0 Å². The van der Waals surface area contributed by atoms with Gasteiger partial charge in [-0.2, -0.15) is 0 Å². The molecule has 2 aromatic rings. The van der Waals surface area contributed by atoms with Crippen LogP contribution in [0.4, 0.5) is 5.69 Å². The molecule has 8 nitrogen and oxygen atoms in total. The highest BCUT2D eigenvalue weighted by Crippen LogP contribution is 2.26. The van der Waals surface area contributed by atoms with E-state index in [4.69, 9.17) is 39.5 Å². The van der Waals surface area contributed by atoms with Gasteiger partial charge in [0.2, 0.25) is 5.91 Å². The number of hydrogen-bond donors (Lipinski definition) is 2. The highest BCUT2D eigenvalue weighted by Gasteiger charge is 2.37. The number of esters is 1. The van der Waals surface area contributed by atoms with Gasteiger partial charge in [-0.3, -0.25) is 29.6 Å². The van der Waals surface area contributed by atoms with Gasteiger partial charge in [-0.15, -0.1) is 0 Å². The maximum absolute atomic E-state index is 12.4. The Hall–Kier alpha value is -2.33. The van der Waals surface area contributed by atoms with E-state index in [-0.39, 0.29) is 23.6 Å². The number of carbonyl (C=O) groups is 4. The van der Waals surface area contributed by atoms with Gasteiger partial charge in [0.25, 0.3) is 11.8 Å². The Morgan fingerprint density at radius 1 is 1.09 bits per heavy atom. The largest absolute Gasteiger partial charge is 0.455 e. The smallest absolute Gasteiger partial charge is 0.311 e. The maximum atomic E-state index is 12.4. The molecule has 2 aromatic carbocycles. The lowest BCUT2D eigenvalue weighted by Crippen LogP contribution is -2.43. The van der Waals surface area contributed by atoms with Crippen LogP contribution in [0.25, 0.3) is 0 Å². The number of amides is 3. The van der Waals surface area contributed by atoms with Crippen LogP contribution in [-0.4, -0.2) is 41.9 Å². The normalized spacial score (nSPS) is 15.4. The van der Waals surface area contributed by atoms with Gasteiger partial charge in [-0.1, -0.05) is 50.7 Å². The van der Waals surface area contributed by atoms with Crippen molar-refractivity contribution in [3.05, 3.63) is 61.5 Å². The number of nitrogens with zero attached hydrogens (tertiary/aromatic N) is 1. The molecule has 2 N–H and O–H groups in total. The Bertz CT molecular complexity index is 1100. The summed E-state index contributed by atoms with van der Waals surface area (Å²) in [4.78, 5) is 48.9. The summed E-state index contributed by atoms with van der Waals surface area (Å²) < 4.78 is 5.75. The summed E-state index contributed by atoms with van der Waals surface area (Å²) in [6.07, 6.45) is -0.173.